The van der Waals surface area contributed by atoms with Crippen LogP contribution in [0.15, 0.2) is 30.3 Å². The summed E-state index contributed by atoms with van der Waals surface area (Å²) in [4.78, 5) is 61.6. The largest absolute Gasteiger partial charge is 0.481 e. The molecule has 9 nitrogen and oxygen atoms in total. The summed E-state index contributed by atoms with van der Waals surface area (Å²) in [5.41, 5.74) is 2.06. The molecule has 0 radical (unpaired) electrons. The number of rotatable bonds is 12. The molecule has 2 aromatic carbocycles. The van der Waals surface area contributed by atoms with Crippen molar-refractivity contribution in [3.05, 3.63) is 41.5 Å². The maximum absolute atomic E-state index is 13.2. The van der Waals surface area contributed by atoms with Crippen molar-refractivity contribution in [1.82, 2.24) is 10.6 Å². The lowest BCUT2D eigenvalue weighted by atomic mass is 10.00. The number of amides is 4. The van der Waals surface area contributed by atoms with Gasteiger partial charge in [-0.25, -0.2) is 0 Å². The molecular weight excluding hydrogens is 462 g/mol. The molecule has 2 aliphatic heterocycles. The second kappa shape index (κ2) is 11.3. The number of carbonyl (C=O) groups excluding carboxylic acids is 4. The van der Waals surface area contributed by atoms with Crippen molar-refractivity contribution >= 4 is 46.1 Å². The number of carboxylic acids is 1. The van der Waals surface area contributed by atoms with Gasteiger partial charge in [-0.05, 0) is 42.3 Å². The van der Waals surface area contributed by atoms with Crippen LogP contribution in [-0.2, 0) is 25.7 Å². The Balaban J connectivity index is 1.34. The minimum atomic E-state index is -0.759. The van der Waals surface area contributed by atoms with E-state index >= 15 is 0 Å². The van der Waals surface area contributed by atoms with Gasteiger partial charge in [-0.3, -0.25) is 34.2 Å². The number of carboxylic acid groups (broad SMARTS) is 1. The van der Waals surface area contributed by atoms with E-state index < -0.39 is 17.9 Å². The van der Waals surface area contributed by atoms with Gasteiger partial charge < -0.3 is 10.4 Å². The summed E-state index contributed by atoms with van der Waals surface area (Å²) < 4.78 is 0. The third-order valence-electron chi connectivity index (χ3n) is 6.86. The number of unbranched alkanes of at least 4 members (excludes halogenated alkanes) is 5. The first-order valence-corrected chi connectivity index (χ1v) is 12.6. The maximum atomic E-state index is 13.2. The van der Waals surface area contributed by atoms with Gasteiger partial charge in [-0.1, -0.05) is 43.9 Å². The van der Waals surface area contributed by atoms with Crippen molar-refractivity contribution in [3.8, 4) is 0 Å². The van der Waals surface area contributed by atoms with Crippen LogP contribution in [0, 0.1) is 0 Å². The molecule has 0 aromatic heterocycles. The minimum absolute atomic E-state index is 0.0367. The van der Waals surface area contributed by atoms with Gasteiger partial charge in [-0.15, -0.1) is 0 Å². The molecule has 0 bridgehead atoms. The molecule has 0 saturated carbocycles. The van der Waals surface area contributed by atoms with Gasteiger partial charge >= 0.3 is 5.97 Å². The molecule has 0 spiro atoms. The van der Waals surface area contributed by atoms with E-state index in [0.29, 0.717) is 30.6 Å². The highest BCUT2D eigenvalue weighted by atomic mass is 16.4. The topological polar surface area (TPSA) is 133 Å². The van der Waals surface area contributed by atoms with Crippen LogP contribution in [0.5, 0.6) is 0 Å². The molecule has 2 aliphatic rings. The van der Waals surface area contributed by atoms with Crippen molar-refractivity contribution < 1.29 is 29.1 Å². The first kappa shape index (κ1) is 25.3. The van der Waals surface area contributed by atoms with Crippen LogP contribution in [0.4, 0.5) is 5.69 Å². The highest BCUT2D eigenvalue weighted by Crippen LogP contribution is 2.41. The van der Waals surface area contributed by atoms with Gasteiger partial charge in [0.1, 0.15) is 6.04 Å². The molecule has 1 atom stereocenters. The van der Waals surface area contributed by atoms with E-state index in [1.807, 2.05) is 18.2 Å². The predicted octanol–water partition coefficient (Wildman–Crippen LogP) is 3.43. The SMILES string of the molecule is O=C(O)CCCCCCCCC(=O)NCc1ccc2c3c(cccc13)C(=O)N2C1CCC(=O)NC1=O. The lowest BCUT2D eigenvalue weighted by Gasteiger charge is -2.30. The normalized spacial score (nSPS) is 16.9. The van der Waals surface area contributed by atoms with Gasteiger partial charge in [-0.2, -0.15) is 0 Å². The Morgan fingerprint density at radius 1 is 0.972 bits per heavy atom. The van der Waals surface area contributed by atoms with E-state index in [4.69, 9.17) is 5.11 Å². The number of nitrogens with one attached hydrogen (secondary N) is 2. The van der Waals surface area contributed by atoms with Crippen LogP contribution in [0.1, 0.15) is 80.1 Å². The summed E-state index contributed by atoms with van der Waals surface area (Å²) in [6.45, 7) is 0.334. The van der Waals surface area contributed by atoms with Crippen LogP contribution in [-0.4, -0.2) is 40.7 Å². The lowest BCUT2D eigenvalue weighted by Crippen LogP contribution is -2.53. The Morgan fingerprint density at radius 2 is 1.69 bits per heavy atom. The van der Waals surface area contributed by atoms with E-state index in [-0.39, 0.29) is 37.0 Å². The molecule has 0 aliphatic carbocycles. The first-order valence-electron chi connectivity index (χ1n) is 12.6. The Kier molecular flexibility index (Phi) is 7.97. The van der Waals surface area contributed by atoms with Crippen LogP contribution >= 0.6 is 0 Å². The summed E-state index contributed by atoms with van der Waals surface area (Å²) in [6, 6.07) is 8.41. The predicted molar refractivity (Wildman–Crippen MR) is 133 cm³/mol. The number of benzene rings is 2. The molecule has 3 N–H and O–H groups in total. The summed E-state index contributed by atoms with van der Waals surface area (Å²) >= 11 is 0. The number of anilines is 1. The summed E-state index contributed by atoms with van der Waals surface area (Å²) in [5, 5.41) is 15.6. The lowest BCUT2D eigenvalue weighted by molar-refractivity contribution is -0.137. The fraction of sp³-hybridized carbons (Fsp3) is 0.444. The number of piperidine rings is 1. The van der Waals surface area contributed by atoms with E-state index in [1.165, 1.54) is 4.90 Å². The fourth-order valence-corrected chi connectivity index (χ4v) is 5.01. The molecule has 2 heterocycles. The first-order chi connectivity index (χ1) is 17.4. The number of hydrogen-bond donors (Lipinski definition) is 3. The van der Waals surface area contributed by atoms with Gasteiger partial charge in [0.25, 0.3) is 5.91 Å². The Hall–Kier alpha value is -3.75. The number of imide groups is 1. The summed E-state index contributed by atoms with van der Waals surface area (Å²) in [5.74, 6) is -1.84. The van der Waals surface area contributed by atoms with Crippen LogP contribution < -0.4 is 15.5 Å². The molecule has 9 heteroatoms. The fourth-order valence-electron chi connectivity index (χ4n) is 5.01. The van der Waals surface area contributed by atoms with Crippen LogP contribution in [0.3, 0.4) is 0 Å². The molecule has 190 valence electrons. The maximum Gasteiger partial charge on any atom is 0.303 e. The van der Waals surface area contributed by atoms with Crippen molar-refractivity contribution in [1.29, 1.82) is 0 Å². The molecule has 1 saturated heterocycles. The van der Waals surface area contributed by atoms with E-state index in [2.05, 4.69) is 10.6 Å². The monoisotopic (exact) mass is 493 g/mol. The molecule has 1 unspecified atom stereocenters. The van der Waals surface area contributed by atoms with Gasteiger partial charge in [0.15, 0.2) is 0 Å². The number of aliphatic carboxylic acids is 1. The smallest absolute Gasteiger partial charge is 0.303 e. The van der Waals surface area contributed by atoms with Crippen molar-refractivity contribution in [2.45, 2.75) is 76.8 Å². The third-order valence-corrected chi connectivity index (χ3v) is 6.86. The van der Waals surface area contributed by atoms with E-state index in [1.54, 1.807) is 12.1 Å². The second-order valence-corrected chi connectivity index (χ2v) is 9.41. The number of nitrogens with zero attached hydrogens (tertiary/aromatic N) is 1. The molecular formula is C27H31N3O6. The number of carbonyl (C=O) groups is 5. The molecule has 2 aromatic rings. The molecule has 1 fully saturated rings. The van der Waals surface area contributed by atoms with Gasteiger partial charge in [0, 0.05) is 36.8 Å². The van der Waals surface area contributed by atoms with Gasteiger partial charge in [0.2, 0.25) is 17.7 Å². The summed E-state index contributed by atoms with van der Waals surface area (Å²) in [6.07, 6.45) is 6.38. The molecule has 4 rings (SSSR count). The average molecular weight is 494 g/mol. The minimum Gasteiger partial charge on any atom is -0.481 e. The third kappa shape index (κ3) is 5.56. The average Bonchev–Trinajstić information content (AvgIpc) is 3.13. The van der Waals surface area contributed by atoms with Crippen molar-refractivity contribution in [2.75, 3.05) is 4.90 Å². The zero-order valence-corrected chi connectivity index (χ0v) is 20.2. The Bertz CT molecular complexity index is 1210. The Labute approximate surface area is 209 Å². The van der Waals surface area contributed by atoms with E-state index in [9.17, 15) is 24.0 Å². The van der Waals surface area contributed by atoms with Crippen LogP contribution in [0.25, 0.3) is 10.8 Å². The zero-order chi connectivity index (χ0) is 25.7. The standard InChI is InChI=1S/C27H31N3O6/c31-22(10-5-3-1-2-4-6-11-24(33)34)28-16-17-12-13-20-25-18(17)8-7-9-19(25)27(36)30(20)21-14-15-23(32)29-26(21)35/h7-9,12-13,21H,1-6,10-11,14-16H2,(H,28,31)(H,33,34)(H,29,32,35). The second-order valence-electron chi connectivity index (χ2n) is 9.41. The van der Waals surface area contributed by atoms with Crippen LogP contribution in [0.2, 0.25) is 0 Å². The quantitative estimate of drug-likeness (QED) is 0.307. The number of hydrogen-bond acceptors (Lipinski definition) is 5. The molecule has 36 heavy (non-hydrogen) atoms. The zero-order valence-electron chi connectivity index (χ0n) is 20.2. The molecule has 4 amide bonds. The van der Waals surface area contributed by atoms with E-state index in [0.717, 1.165) is 48.4 Å². The van der Waals surface area contributed by atoms with Crippen molar-refractivity contribution in [2.24, 2.45) is 0 Å². The summed E-state index contributed by atoms with van der Waals surface area (Å²) in [7, 11) is 0. The Morgan fingerprint density at radius 3 is 2.42 bits per heavy atom. The van der Waals surface area contributed by atoms with Gasteiger partial charge in [0.05, 0.1) is 5.69 Å². The van der Waals surface area contributed by atoms with Crippen molar-refractivity contribution in [3.63, 3.8) is 0 Å². The highest BCUT2D eigenvalue weighted by molar-refractivity contribution is 6.27. The highest BCUT2D eigenvalue weighted by Gasteiger charge is 2.40.